The first-order chi connectivity index (χ1) is 6.24. The van der Waals surface area contributed by atoms with Crippen molar-refractivity contribution in [2.24, 2.45) is 14.3 Å². The van der Waals surface area contributed by atoms with Gasteiger partial charge in [0.05, 0.1) is 0 Å². The van der Waals surface area contributed by atoms with Gasteiger partial charge in [0.15, 0.2) is 0 Å². The zero-order valence-electron chi connectivity index (χ0n) is 6.73. The van der Waals surface area contributed by atoms with Crippen molar-refractivity contribution in [1.82, 2.24) is 0 Å². The Morgan fingerprint density at radius 3 is 1.69 bits per heavy atom. The number of nitrogens with zero attached hydrogens (tertiary/aromatic N) is 9. The molecule has 2 radical (unpaired) electrons. The molecule has 0 aliphatic heterocycles. The van der Waals surface area contributed by atoms with Crippen LogP contribution in [0.25, 0.3) is 31.3 Å². The molecule has 13 heavy (non-hydrogen) atoms. The Kier molecular flexibility index (Phi) is 5.20. The summed E-state index contributed by atoms with van der Waals surface area (Å²) in [6.07, 6.45) is 0. The van der Waals surface area contributed by atoms with Gasteiger partial charge in [0, 0.05) is 9.04 Å². The minimum absolute atomic E-state index is 0.0744. The van der Waals surface area contributed by atoms with E-state index in [4.69, 9.17) is 16.6 Å². The van der Waals surface area contributed by atoms with Gasteiger partial charge in [-0.2, -0.15) is 0 Å². The molecule has 0 aliphatic carbocycles. The first kappa shape index (κ1) is 11.4. The summed E-state index contributed by atoms with van der Waals surface area (Å²) < 4.78 is 9.95. The average molecular weight is 211 g/mol. The van der Waals surface area contributed by atoms with E-state index in [1.165, 1.54) is 0 Å². The van der Waals surface area contributed by atoms with Crippen molar-refractivity contribution in [1.29, 1.82) is 0 Å². The summed E-state index contributed by atoms with van der Waals surface area (Å²) in [5.41, 5.74) is 24.6. The van der Waals surface area contributed by atoms with Crippen LogP contribution in [0.2, 0.25) is 6.04 Å². The highest BCUT2D eigenvalue weighted by molar-refractivity contribution is 7.22. The van der Waals surface area contributed by atoms with Gasteiger partial charge in [-0.1, -0.05) is 13.0 Å². The summed E-state index contributed by atoms with van der Waals surface area (Å²) in [7, 11) is -3.07. The van der Waals surface area contributed by atoms with Crippen LogP contribution in [0, 0.1) is 0 Å². The molecule has 66 valence electrons. The second-order valence-electron chi connectivity index (χ2n) is 1.73. The van der Waals surface area contributed by atoms with Gasteiger partial charge in [-0.05, 0) is 31.3 Å². The fraction of sp³-hybridized carbons (Fsp3) is 1.00. The van der Waals surface area contributed by atoms with E-state index < -0.39 is 8.08 Å². The predicted octanol–water partition coefficient (Wildman–Crippen LogP) is 2.50. The highest BCUT2D eigenvalue weighted by Crippen LogP contribution is 2.10. The van der Waals surface area contributed by atoms with Crippen LogP contribution in [0.4, 0.5) is 0 Å². The molecule has 0 spiro atoms. The summed E-state index contributed by atoms with van der Waals surface area (Å²) in [6, 6.07) is 0.656. The standard InChI is InChI=1S/C2H5N9Si2/c1-2-12-13(9-6-3,10-7-4)11-8-5/h2H2,1H3. The smallest absolute Gasteiger partial charge is 0.114 e. The average Bonchev–Trinajstić information content (AvgIpc) is 2.06. The van der Waals surface area contributed by atoms with Gasteiger partial charge in [-0.3, -0.25) is 0 Å². The van der Waals surface area contributed by atoms with Gasteiger partial charge in [0.1, 0.15) is 0 Å². The van der Waals surface area contributed by atoms with Crippen molar-refractivity contribution >= 4 is 17.1 Å². The Hall–Kier alpha value is -1.64. The van der Waals surface area contributed by atoms with E-state index in [-0.39, 0.29) is 9.04 Å². The van der Waals surface area contributed by atoms with Crippen molar-refractivity contribution in [2.75, 3.05) is 0 Å². The first-order valence-corrected chi connectivity index (χ1v) is 7.23. The van der Waals surface area contributed by atoms with Crippen molar-refractivity contribution in [3.8, 4) is 0 Å². The Bertz CT molecular complexity index is 258. The molecule has 0 aromatic rings. The van der Waals surface area contributed by atoms with Crippen LogP contribution in [0.15, 0.2) is 14.3 Å². The van der Waals surface area contributed by atoms with E-state index in [2.05, 4.69) is 29.1 Å². The van der Waals surface area contributed by atoms with Crippen LogP contribution in [0.3, 0.4) is 0 Å². The molecule has 11 heteroatoms. The minimum Gasteiger partial charge on any atom is -0.114 e. The third-order valence-corrected chi connectivity index (χ3v) is 6.28. The maximum atomic E-state index is 8.21. The lowest BCUT2D eigenvalue weighted by Crippen LogP contribution is -2.34. The van der Waals surface area contributed by atoms with Gasteiger partial charge < -0.3 is 0 Å². The van der Waals surface area contributed by atoms with Crippen LogP contribution in [-0.2, 0) is 0 Å². The largest absolute Gasteiger partial charge is 0.335 e. The molecule has 0 aromatic carbocycles. The lowest BCUT2D eigenvalue weighted by molar-refractivity contribution is 1.37. The summed E-state index contributed by atoms with van der Waals surface area (Å²) in [5, 5.41) is 0. The van der Waals surface area contributed by atoms with Crippen molar-refractivity contribution < 1.29 is 0 Å². The zero-order chi connectivity index (χ0) is 10.2. The molecule has 0 saturated heterocycles. The molecule has 9 nitrogen and oxygen atoms in total. The number of azide groups is 1. The molecular weight excluding hydrogens is 206 g/mol. The molecule has 0 heterocycles. The summed E-state index contributed by atoms with van der Waals surface area (Å²) in [4.78, 5) is 7.58. The summed E-state index contributed by atoms with van der Waals surface area (Å²) in [6.45, 7) is 1.83. The van der Waals surface area contributed by atoms with Crippen molar-refractivity contribution in [3.63, 3.8) is 0 Å². The fourth-order valence-electron chi connectivity index (χ4n) is 0.590. The lowest BCUT2D eigenvalue weighted by atomic mass is 11.0. The predicted molar refractivity (Wildman–Crippen MR) is 49.4 cm³/mol. The number of hydrogen-bond acceptors (Lipinski definition) is 3. The third kappa shape index (κ3) is 3.51. The number of hydrogen-bond donors (Lipinski definition) is 0. The van der Waals surface area contributed by atoms with Crippen molar-refractivity contribution in [3.05, 3.63) is 31.3 Å². The molecule has 0 saturated carbocycles. The van der Waals surface area contributed by atoms with E-state index in [1.807, 2.05) is 6.92 Å². The topological polar surface area (TPSA) is 146 Å². The van der Waals surface area contributed by atoms with Crippen LogP contribution < -0.4 is 0 Å². The van der Waals surface area contributed by atoms with Crippen molar-refractivity contribution in [2.45, 2.75) is 13.0 Å². The molecule has 0 fully saturated rings. The zero-order valence-corrected chi connectivity index (χ0v) is 8.73. The van der Waals surface area contributed by atoms with Gasteiger partial charge in [-0.15, -0.1) is 14.3 Å². The van der Waals surface area contributed by atoms with E-state index in [1.54, 1.807) is 0 Å². The van der Waals surface area contributed by atoms with E-state index >= 15 is 0 Å². The fourth-order valence-corrected chi connectivity index (χ4v) is 4.23. The van der Waals surface area contributed by atoms with Crippen LogP contribution >= 0.6 is 0 Å². The molecular formula is C2H5N9Si2. The highest BCUT2D eigenvalue weighted by atomic mass is 29.2. The quantitative estimate of drug-likeness (QED) is 0.284. The lowest BCUT2D eigenvalue weighted by Gasteiger charge is -2.09. The Morgan fingerprint density at radius 2 is 1.46 bits per heavy atom. The SMILES string of the molecule is CC[Si][Si](N=[N+]=[N-])(N=[N+]=[N-])N=[N+]=[N-]. The Labute approximate surface area is 76.5 Å². The van der Waals surface area contributed by atoms with Gasteiger partial charge in [-0.25, -0.2) is 0 Å². The van der Waals surface area contributed by atoms with Gasteiger partial charge >= 0.3 is 8.08 Å². The van der Waals surface area contributed by atoms with Gasteiger partial charge in [0.2, 0.25) is 0 Å². The molecule has 0 rings (SSSR count). The Balaban J connectivity index is 5.12. The monoisotopic (exact) mass is 211 g/mol. The van der Waals surface area contributed by atoms with Crippen LogP contribution in [0.1, 0.15) is 6.92 Å². The molecule has 0 amide bonds. The third-order valence-electron chi connectivity index (χ3n) is 0.966. The molecule has 0 unspecified atom stereocenters. The second-order valence-corrected chi connectivity index (χ2v) is 7.74. The number of rotatable bonds is 5. The molecule has 0 aromatic heterocycles. The summed E-state index contributed by atoms with van der Waals surface area (Å²) in [5.74, 6) is 0. The molecule has 0 aliphatic rings. The molecule has 0 bridgehead atoms. The second kappa shape index (κ2) is 5.94. The Morgan fingerprint density at radius 1 is 1.08 bits per heavy atom. The molecule has 0 atom stereocenters. The maximum absolute atomic E-state index is 8.21. The van der Waals surface area contributed by atoms with E-state index in [0.717, 1.165) is 0 Å². The van der Waals surface area contributed by atoms with E-state index in [0.29, 0.717) is 6.04 Å². The van der Waals surface area contributed by atoms with Crippen LogP contribution in [-0.4, -0.2) is 17.1 Å². The van der Waals surface area contributed by atoms with Crippen LogP contribution in [0.5, 0.6) is 0 Å². The molecule has 0 N–H and O–H groups in total. The van der Waals surface area contributed by atoms with E-state index in [9.17, 15) is 0 Å². The minimum atomic E-state index is -3.14. The maximum Gasteiger partial charge on any atom is 0.335 e. The highest BCUT2D eigenvalue weighted by Gasteiger charge is 2.30. The normalized spacial score (nSPS) is 12.7. The first-order valence-electron chi connectivity index (χ1n) is 3.18. The summed E-state index contributed by atoms with van der Waals surface area (Å²) >= 11 is 0. The van der Waals surface area contributed by atoms with Gasteiger partial charge in [0.25, 0.3) is 0 Å².